The Hall–Kier alpha value is -3.69. The van der Waals surface area contributed by atoms with Gasteiger partial charge in [-0.2, -0.15) is 6.07 Å². The molecule has 6 heteroatoms. The maximum atomic E-state index is 5.79. The molecule has 5 nitrogen and oxygen atoms in total. The van der Waals surface area contributed by atoms with Gasteiger partial charge in [0, 0.05) is 44.5 Å². The number of fused-ring (bicyclic) bond motifs is 3. The molecule has 0 bridgehead atoms. The van der Waals surface area contributed by atoms with Gasteiger partial charge < -0.3 is 9.40 Å². The zero-order valence-corrected chi connectivity index (χ0v) is 21.7. The summed E-state index contributed by atoms with van der Waals surface area (Å²) in [7, 11) is 0. The molecule has 0 saturated heterocycles. The fourth-order valence-corrected chi connectivity index (χ4v) is 3.68. The van der Waals surface area contributed by atoms with E-state index in [1.807, 2.05) is 77.6 Å². The van der Waals surface area contributed by atoms with Crippen molar-refractivity contribution >= 4 is 33.8 Å². The number of hydrogen-bond acceptors (Lipinski definition) is 3. The van der Waals surface area contributed by atoms with Crippen LogP contribution in [0.5, 0.6) is 0 Å². The number of benzene rings is 2. The van der Waals surface area contributed by atoms with Crippen LogP contribution in [-0.4, -0.2) is 31.7 Å². The molecule has 6 rings (SSSR count). The van der Waals surface area contributed by atoms with Gasteiger partial charge in [0.2, 0.25) is 11.9 Å². The van der Waals surface area contributed by atoms with Crippen molar-refractivity contribution in [2.75, 3.05) is 6.54 Å². The first-order chi connectivity index (χ1) is 16.8. The fourth-order valence-electron chi connectivity index (χ4n) is 3.68. The van der Waals surface area contributed by atoms with Crippen LogP contribution in [0, 0.1) is 12.1 Å². The molecule has 1 aliphatic rings. The van der Waals surface area contributed by atoms with Crippen molar-refractivity contribution in [3.05, 3.63) is 104 Å². The van der Waals surface area contributed by atoms with Crippen LogP contribution in [0.3, 0.4) is 0 Å². The molecule has 35 heavy (non-hydrogen) atoms. The number of unbranched alkanes of at least 4 members (excludes halogenated alkanes) is 1. The summed E-state index contributed by atoms with van der Waals surface area (Å²) in [5.41, 5.74) is 4.31. The van der Waals surface area contributed by atoms with Gasteiger partial charge in [-0.05, 0) is 23.2 Å². The van der Waals surface area contributed by atoms with E-state index in [0.29, 0.717) is 5.71 Å². The summed E-state index contributed by atoms with van der Waals surface area (Å²) in [6.07, 6.45) is 9.89. The standard InChI is InChI=1S/C18H16N3O.C11H8N.Ir/c1-2-3-9-20-10-11-21(13-20)14-6-7-15-16-5-4-8-19-18(16)22-17(15)12-14;1-2-6-10(7-3-1)11-8-4-5-9-12-11;/h4-8,10-11H,2-3,9H2,1H3;1-6,8-9H;/q+1;-1;. The van der Waals surface area contributed by atoms with Crippen molar-refractivity contribution in [1.82, 2.24) is 9.97 Å². The van der Waals surface area contributed by atoms with E-state index in [1.165, 1.54) is 6.42 Å². The second-order valence-corrected chi connectivity index (χ2v) is 7.85. The normalized spacial score (nSPS) is 12.0. The Balaban J connectivity index is 0.000000189. The summed E-state index contributed by atoms with van der Waals surface area (Å²) in [5, 5.41) is 2.06. The van der Waals surface area contributed by atoms with Gasteiger partial charge in [-0.25, -0.2) is 4.98 Å². The fraction of sp³-hybridized carbons (Fsp3) is 0.138. The second kappa shape index (κ2) is 11.6. The van der Waals surface area contributed by atoms with Crippen molar-refractivity contribution in [3.63, 3.8) is 0 Å². The van der Waals surface area contributed by atoms with E-state index in [9.17, 15) is 0 Å². The maximum absolute atomic E-state index is 5.79. The number of aromatic nitrogens is 2. The SMILES string of the molecule is CCCC[N+]1=C=[N+](c2[c-]c3oc4ncccc4c3cc2)C=C1.[Ir].[c-]1ccccc1-c1ccccn1. The molecule has 0 saturated carbocycles. The zero-order chi connectivity index (χ0) is 23.2. The average molecular weight is 637 g/mol. The van der Waals surface area contributed by atoms with Gasteiger partial charge in [0.1, 0.15) is 5.69 Å². The van der Waals surface area contributed by atoms with E-state index in [0.717, 1.165) is 46.3 Å². The van der Waals surface area contributed by atoms with Gasteiger partial charge in [0.25, 0.3) is 6.20 Å². The minimum atomic E-state index is 0. The van der Waals surface area contributed by atoms with Crippen molar-refractivity contribution < 1.29 is 33.7 Å². The molecule has 2 aromatic carbocycles. The Morgan fingerprint density at radius 3 is 2.60 bits per heavy atom. The Bertz CT molecular complexity index is 1480. The molecule has 1 aliphatic heterocycles. The number of rotatable bonds is 5. The summed E-state index contributed by atoms with van der Waals surface area (Å²) in [6.45, 7) is 3.18. The molecule has 0 fully saturated rings. The summed E-state index contributed by atoms with van der Waals surface area (Å²) < 4.78 is 9.80. The molecule has 0 unspecified atom stereocenters. The molecular weight excluding hydrogens is 613 g/mol. The number of furan rings is 1. The molecule has 5 aromatic rings. The largest absolute Gasteiger partial charge is 0.493 e. The van der Waals surface area contributed by atoms with E-state index >= 15 is 0 Å². The number of nitrogens with zero attached hydrogens (tertiary/aromatic N) is 4. The Labute approximate surface area is 218 Å². The Morgan fingerprint density at radius 1 is 0.914 bits per heavy atom. The van der Waals surface area contributed by atoms with E-state index in [2.05, 4.69) is 45.7 Å². The predicted molar refractivity (Wildman–Crippen MR) is 133 cm³/mol. The molecule has 4 heterocycles. The molecule has 1 radical (unpaired) electrons. The van der Waals surface area contributed by atoms with E-state index in [-0.39, 0.29) is 20.1 Å². The molecule has 3 aromatic heterocycles. The summed E-state index contributed by atoms with van der Waals surface area (Å²) in [4.78, 5) is 8.47. The third-order valence-corrected chi connectivity index (χ3v) is 5.45. The number of hydrogen-bond donors (Lipinski definition) is 0. The predicted octanol–water partition coefficient (Wildman–Crippen LogP) is 6.44. The van der Waals surface area contributed by atoms with Crippen molar-refractivity contribution in [1.29, 1.82) is 0 Å². The first-order valence-corrected chi connectivity index (χ1v) is 11.4. The maximum Gasteiger partial charge on any atom is 0.493 e. The smallest absolute Gasteiger partial charge is 0.465 e. The van der Waals surface area contributed by atoms with E-state index in [4.69, 9.17) is 4.42 Å². The summed E-state index contributed by atoms with van der Waals surface area (Å²) in [5.74, 6) is 0. The average Bonchev–Trinajstić information content (AvgIpc) is 3.53. The monoisotopic (exact) mass is 637 g/mol. The third kappa shape index (κ3) is 5.69. The van der Waals surface area contributed by atoms with Gasteiger partial charge in [0.15, 0.2) is 6.54 Å². The van der Waals surface area contributed by atoms with Crippen LogP contribution in [0.2, 0.25) is 0 Å². The number of pyridine rings is 2. The van der Waals surface area contributed by atoms with Gasteiger partial charge in [-0.1, -0.05) is 58.2 Å². The third-order valence-electron chi connectivity index (χ3n) is 5.45. The Morgan fingerprint density at radius 2 is 1.80 bits per heavy atom. The Kier molecular flexibility index (Phi) is 8.12. The minimum absolute atomic E-state index is 0. The first kappa shape index (κ1) is 24.4. The summed E-state index contributed by atoms with van der Waals surface area (Å²) in [6, 6.07) is 31.5. The van der Waals surface area contributed by atoms with Crippen molar-refractivity contribution in [2.24, 2.45) is 0 Å². The van der Waals surface area contributed by atoms with Crippen molar-refractivity contribution in [2.45, 2.75) is 19.8 Å². The summed E-state index contributed by atoms with van der Waals surface area (Å²) >= 11 is 0. The zero-order valence-electron chi connectivity index (χ0n) is 19.3. The molecule has 0 atom stereocenters. The van der Waals surface area contributed by atoms with Crippen LogP contribution < -0.4 is 0 Å². The second-order valence-electron chi connectivity index (χ2n) is 7.85. The topological polar surface area (TPSA) is 44.9 Å². The van der Waals surface area contributed by atoms with Gasteiger partial charge in [-0.15, -0.1) is 35.9 Å². The molecule has 0 aliphatic carbocycles. The van der Waals surface area contributed by atoms with Crippen LogP contribution >= 0.6 is 0 Å². The van der Waals surface area contributed by atoms with Gasteiger partial charge in [0.05, 0.1) is 0 Å². The van der Waals surface area contributed by atoms with Crippen LogP contribution in [0.4, 0.5) is 5.69 Å². The van der Waals surface area contributed by atoms with E-state index < -0.39 is 0 Å². The molecule has 0 N–H and O–H groups in total. The van der Waals surface area contributed by atoms with E-state index in [1.54, 1.807) is 12.4 Å². The van der Waals surface area contributed by atoms with Crippen LogP contribution in [0.25, 0.3) is 33.3 Å². The van der Waals surface area contributed by atoms with Crippen LogP contribution in [-0.2, 0) is 20.1 Å². The van der Waals surface area contributed by atoms with Crippen molar-refractivity contribution in [3.8, 4) is 11.3 Å². The molecule has 0 spiro atoms. The van der Waals surface area contributed by atoms with Gasteiger partial charge in [-0.3, -0.25) is 0 Å². The minimum Gasteiger partial charge on any atom is -0.465 e. The van der Waals surface area contributed by atoms with Crippen LogP contribution in [0.1, 0.15) is 19.8 Å². The molecule has 0 amide bonds. The van der Waals surface area contributed by atoms with Crippen LogP contribution in [0.15, 0.2) is 95.9 Å². The molecule has 175 valence electrons. The molecular formula is C29H24IrN4O. The quantitative estimate of drug-likeness (QED) is 0.165. The van der Waals surface area contributed by atoms with Gasteiger partial charge >= 0.3 is 6.01 Å². The first-order valence-electron chi connectivity index (χ1n) is 11.4.